The molecule has 1 rings (SSSR count). The number of ether oxygens (including phenoxy) is 1. The fraction of sp³-hybridized carbons (Fsp3) is 0.429. The van der Waals surface area contributed by atoms with E-state index >= 15 is 0 Å². The molecule has 1 heterocycles. The average molecular weight is 140 g/mol. The van der Waals surface area contributed by atoms with Crippen LogP contribution in [0, 0.1) is 5.21 Å². The summed E-state index contributed by atoms with van der Waals surface area (Å²) >= 11 is 0. The Balaban J connectivity index is 2.66. The number of nitrogens with zero attached hydrogens (tertiary/aromatic N) is 1. The van der Waals surface area contributed by atoms with E-state index in [1.165, 1.54) is 6.20 Å². The maximum atomic E-state index is 10.8. The van der Waals surface area contributed by atoms with Gasteiger partial charge in [0.1, 0.15) is 5.76 Å². The molecule has 0 bridgehead atoms. The van der Waals surface area contributed by atoms with Crippen molar-refractivity contribution in [2.75, 3.05) is 7.11 Å². The van der Waals surface area contributed by atoms with E-state index in [0.717, 1.165) is 10.8 Å². The highest BCUT2D eigenvalue weighted by Crippen LogP contribution is 2.11. The molecule has 0 spiro atoms. The monoisotopic (exact) mass is 140 g/mol. The van der Waals surface area contributed by atoms with Crippen molar-refractivity contribution in [3.05, 3.63) is 29.3 Å². The zero-order chi connectivity index (χ0) is 7.56. The van der Waals surface area contributed by atoms with E-state index in [1.807, 2.05) is 6.92 Å². The number of hydrogen-bond acceptors (Lipinski definition) is 3. The topological polar surface area (TPSA) is 35.5 Å². The second kappa shape index (κ2) is 2.75. The molecule has 0 saturated heterocycles. The highest BCUT2D eigenvalue weighted by atomic mass is 16.5. The van der Waals surface area contributed by atoms with Gasteiger partial charge in [-0.1, -0.05) is 0 Å². The van der Waals surface area contributed by atoms with Crippen molar-refractivity contribution in [3.63, 3.8) is 0 Å². The molecule has 10 heavy (non-hydrogen) atoms. The molecule has 3 heteroatoms. The summed E-state index contributed by atoms with van der Waals surface area (Å²) in [6, 6.07) is -0.111. The van der Waals surface area contributed by atoms with Gasteiger partial charge < -0.3 is 15.0 Å². The van der Waals surface area contributed by atoms with Crippen LogP contribution in [-0.2, 0) is 4.74 Å². The number of hydroxylamine groups is 2. The predicted octanol–water partition coefficient (Wildman–Crippen LogP) is 1.23. The molecule has 1 aliphatic rings. The zero-order valence-corrected chi connectivity index (χ0v) is 6.07. The first-order valence-corrected chi connectivity index (χ1v) is 3.13. The zero-order valence-electron chi connectivity index (χ0n) is 6.07. The first-order valence-electron chi connectivity index (χ1n) is 3.13. The minimum atomic E-state index is -0.111. The van der Waals surface area contributed by atoms with E-state index in [9.17, 15) is 5.21 Å². The van der Waals surface area contributed by atoms with Crippen molar-refractivity contribution in [1.29, 1.82) is 0 Å². The van der Waals surface area contributed by atoms with Crippen LogP contribution in [0.3, 0.4) is 0 Å². The van der Waals surface area contributed by atoms with Crippen LogP contribution in [0.1, 0.15) is 6.92 Å². The lowest BCUT2D eigenvalue weighted by Gasteiger charge is -2.34. The third-order valence-electron chi connectivity index (χ3n) is 1.43. The van der Waals surface area contributed by atoms with Crippen molar-refractivity contribution >= 4 is 0 Å². The Labute approximate surface area is 60.2 Å². The van der Waals surface area contributed by atoms with Crippen LogP contribution in [0.4, 0.5) is 0 Å². The third-order valence-corrected chi connectivity index (χ3v) is 1.43. The van der Waals surface area contributed by atoms with Crippen molar-refractivity contribution in [3.8, 4) is 0 Å². The average Bonchev–Trinajstić information content (AvgIpc) is 1.95. The SMILES string of the molecule is COC1=CC(C)N([O-])C=C1. The second-order valence-electron chi connectivity index (χ2n) is 2.19. The molecule has 0 aromatic heterocycles. The minimum Gasteiger partial charge on any atom is -0.758 e. The molecule has 0 radical (unpaired) electrons. The van der Waals surface area contributed by atoms with Crippen LogP contribution in [0.15, 0.2) is 24.1 Å². The lowest BCUT2D eigenvalue weighted by atomic mass is 10.2. The highest BCUT2D eigenvalue weighted by molar-refractivity contribution is 5.19. The summed E-state index contributed by atoms with van der Waals surface area (Å²) < 4.78 is 4.92. The van der Waals surface area contributed by atoms with Crippen LogP contribution in [-0.4, -0.2) is 18.2 Å². The molecule has 1 atom stereocenters. The fourth-order valence-electron chi connectivity index (χ4n) is 0.786. The number of hydrogen-bond donors (Lipinski definition) is 0. The molecule has 0 aliphatic carbocycles. The fourth-order valence-corrected chi connectivity index (χ4v) is 0.786. The maximum absolute atomic E-state index is 10.8. The summed E-state index contributed by atoms with van der Waals surface area (Å²) in [6.07, 6.45) is 4.88. The lowest BCUT2D eigenvalue weighted by Crippen LogP contribution is -2.22. The molecule has 1 unspecified atom stereocenters. The van der Waals surface area contributed by atoms with Gasteiger partial charge in [0.05, 0.1) is 7.11 Å². The van der Waals surface area contributed by atoms with E-state index in [4.69, 9.17) is 4.74 Å². The Morgan fingerprint density at radius 1 is 1.70 bits per heavy atom. The molecule has 0 aromatic carbocycles. The van der Waals surface area contributed by atoms with Gasteiger partial charge in [0.25, 0.3) is 0 Å². The van der Waals surface area contributed by atoms with Gasteiger partial charge in [-0.05, 0) is 25.3 Å². The summed E-state index contributed by atoms with van der Waals surface area (Å²) in [7, 11) is 1.59. The Hall–Kier alpha value is -0.960. The van der Waals surface area contributed by atoms with Gasteiger partial charge >= 0.3 is 0 Å². The molecule has 1 aliphatic heterocycles. The molecule has 0 aromatic rings. The summed E-state index contributed by atoms with van der Waals surface area (Å²) in [5, 5.41) is 11.7. The molecule has 0 saturated carbocycles. The Bertz CT molecular complexity index is 174. The largest absolute Gasteiger partial charge is 0.758 e. The van der Waals surface area contributed by atoms with E-state index < -0.39 is 0 Å². The van der Waals surface area contributed by atoms with Gasteiger partial charge in [-0.2, -0.15) is 0 Å². The highest BCUT2D eigenvalue weighted by Gasteiger charge is 2.03. The van der Waals surface area contributed by atoms with Gasteiger partial charge in [-0.25, -0.2) is 0 Å². The van der Waals surface area contributed by atoms with Crippen LogP contribution >= 0.6 is 0 Å². The van der Waals surface area contributed by atoms with Crippen molar-refractivity contribution in [2.24, 2.45) is 0 Å². The number of rotatable bonds is 1. The second-order valence-corrected chi connectivity index (χ2v) is 2.19. The maximum Gasteiger partial charge on any atom is 0.118 e. The van der Waals surface area contributed by atoms with Gasteiger partial charge in [-0.15, -0.1) is 0 Å². The molecular weight excluding hydrogens is 130 g/mol. The standard InChI is InChI=1S/C7H10NO2/c1-6-5-7(10-2)3-4-8(6)9/h3-6H,1-2H3/q-1. The van der Waals surface area contributed by atoms with Crippen LogP contribution in [0.25, 0.3) is 0 Å². The molecule has 56 valence electrons. The van der Waals surface area contributed by atoms with Gasteiger partial charge in [0.15, 0.2) is 0 Å². The normalized spacial score (nSPS) is 24.5. The summed E-state index contributed by atoms with van der Waals surface area (Å²) in [4.78, 5) is 0. The number of allylic oxidation sites excluding steroid dienone is 1. The van der Waals surface area contributed by atoms with E-state index in [1.54, 1.807) is 19.3 Å². The first kappa shape index (κ1) is 7.15. The van der Waals surface area contributed by atoms with Gasteiger partial charge in [0, 0.05) is 6.04 Å². The predicted molar refractivity (Wildman–Crippen MR) is 38.9 cm³/mol. The molecule has 0 amide bonds. The van der Waals surface area contributed by atoms with Crippen LogP contribution in [0.2, 0.25) is 0 Å². The Morgan fingerprint density at radius 3 is 2.90 bits per heavy atom. The Kier molecular flexibility index (Phi) is 1.97. The number of methoxy groups -OCH3 is 1. The van der Waals surface area contributed by atoms with E-state index in [-0.39, 0.29) is 6.04 Å². The van der Waals surface area contributed by atoms with Crippen molar-refractivity contribution in [2.45, 2.75) is 13.0 Å². The summed E-state index contributed by atoms with van der Waals surface area (Å²) in [6.45, 7) is 1.82. The summed E-state index contributed by atoms with van der Waals surface area (Å²) in [5.41, 5.74) is 0. The third kappa shape index (κ3) is 1.30. The van der Waals surface area contributed by atoms with Crippen LogP contribution in [0.5, 0.6) is 0 Å². The molecule has 3 nitrogen and oxygen atoms in total. The lowest BCUT2D eigenvalue weighted by molar-refractivity contribution is 0.291. The van der Waals surface area contributed by atoms with E-state index in [2.05, 4.69) is 0 Å². The van der Waals surface area contributed by atoms with E-state index in [0.29, 0.717) is 0 Å². The Morgan fingerprint density at radius 2 is 2.40 bits per heavy atom. The van der Waals surface area contributed by atoms with Gasteiger partial charge in [0.2, 0.25) is 0 Å². The molecular formula is C7H10NO2-. The smallest absolute Gasteiger partial charge is 0.118 e. The van der Waals surface area contributed by atoms with Crippen molar-refractivity contribution in [1.82, 2.24) is 5.06 Å². The quantitative estimate of drug-likeness (QED) is 0.549. The minimum absolute atomic E-state index is 0.111. The summed E-state index contributed by atoms with van der Waals surface area (Å²) in [5.74, 6) is 0.750. The van der Waals surface area contributed by atoms with Gasteiger partial charge in [-0.3, -0.25) is 0 Å². The van der Waals surface area contributed by atoms with Crippen LogP contribution < -0.4 is 0 Å². The molecule has 0 N–H and O–H groups in total. The first-order chi connectivity index (χ1) is 4.74. The molecule has 0 fully saturated rings. The van der Waals surface area contributed by atoms with Crippen molar-refractivity contribution < 1.29 is 4.74 Å².